The SMILES string of the molecule is COc1nc2c(CC(N)C(=O)O)cccc2o1. The van der Waals surface area contributed by atoms with Gasteiger partial charge in [-0.1, -0.05) is 12.1 Å². The topological polar surface area (TPSA) is 98.6 Å². The predicted molar refractivity (Wildman–Crippen MR) is 59.9 cm³/mol. The Bertz CT molecular complexity index is 549. The Balaban J connectivity index is 2.39. The predicted octanol–water partition coefficient (Wildman–Crippen LogP) is 0.791. The average Bonchev–Trinajstić information content (AvgIpc) is 2.72. The fourth-order valence-electron chi connectivity index (χ4n) is 1.56. The van der Waals surface area contributed by atoms with Crippen LogP contribution in [0.4, 0.5) is 0 Å². The summed E-state index contributed by atoms with van der Waals surface area (Å²) in [5.74, 6) is -1.04. The molecule has 0 radical (unpaired) electrons. The highest BCUT2D eigenvalue weighted by molar-refractivity contribution is 5.79. The van der Waals surface area contributed by atoms with Crippen LogP contribution in [0.3, 0.4) is 0 Å². The fraction of sp³-hybridized carbons (Fsp3) is 0.273. The number of fused-ring (bicyclic) bond motifs is 1. The molecule has 2 aromatic rings. The van der Waals surface area contributed by atoms with Gasteiger partial charge in [0, 0.05) is 6.42 Å². The van der Waals surface area contributed by atoms with E-state index in [0.29, 0.717) is 11.1 Å². The number of rotatable bonds is 4. The number of ether oxygens (including phenoxy) is 1. The van der Waals surface area contributed by atoms with Crippen LogP contribution >= 0.6 is 0 Å². The Hall–Kier alpha value is -2.08. The third kappa shape index (κ3) is 2.21. The van der Waals surface area contributed by atoms with E-state index in [9.17, 15) is 4.79 Å². The number of benzene rings is 1. The molecule has 0 saturated heterocycles. The van der Waals surface area contributed by atoms with Crippen molar-refractivity contribution in [3.05, 3.63) is 23.8 Å². The van der Waals surface area contributed by atoms with Gasteiger partial charge in [0.15, 0.2) is 5.58 Å². The second kappa shape index (κ2) is 4.42. The Kier molecular flexibility index (Phi) is 2.97. The van der Waals surface area contributed by atoms with Crippen molar-refractivity contribution >= 4 is 17.1 Å². The number of methoxy groups -OCH3 is 1. The largest absolute Gasteiger partial charge is 0.480 e. The molecule has 0 aliphatic rings. The first-order valence-electron chi connectivity index (χ1n) is 5.02. The van der Waals surface area contributed by atoms with Crippen LogP contribution in [0.1, 0.15) is 5.56 Å². The summed E-state index contributed by atoms with van der Waals surface area (Å²) in [6.07, 6.45) is 0.346. The number of carboxylic acid groups (broad SMARTS) is 1. The highest BCUT2D eigenvalue weighted by atomic mass is 16.6. The zero-order chi connectivity index (χ0) is 12.4. The van der Waals surface area contributed by atoms with Crippen LogP contribution in [0.25, 0.3) is 11.1 Å². The molecule has 1 aromatic carbocycles. The van der Waals surface area contributed by atoms with E-state index < -0.39 is 12.0 Å². The van der Waals surface area contributed by atoms with Crippen molar-refractivity contribution in [3.8, 4) is 6.08 Å². The Morgan fingerprint density at radius 2 is 2.41 bits per heavy atom. The lowest BCUT2D eigenvalue weighted by Crippen LogP contribution is -2.32. The summed E-state index contributed by atoms with van der Waals surface area (Å²) in [7, 11) is 1.45. The molecule has 0 aliphatic carbocycles. The van der Waals surface area contributed by atoms with Gasteiger partial charge in [-0.2, -0.15) is 4.98 Å². The van der Waals surface area contributed by atoms with Crippen molar-refractivity contribution in [1.82, 2.24) is 4.98 Å². The van der Waals surface area contributed by atoms with E-state index in [2.05, 4.69) is 4.98 Å². The first-order valence-corrected chi connectivity index (χ1v) is 5.02. The van der Waals surface area contributed by atoms with E-state index in [1.807, 2.05) is 0 Å². The number of oxazole rings is 1. The molecule has 2 rings (SSSR count). The number of nitrogens with zero attached hydrogens (tertiary/aromatic N) is 1. The number of hydrogen-bond donors (Lipinski definition) is 2. The number of nitrogens with two attached hydrogens (primary N) is 1. The van der Waals surface area contributed by atoms with Crippen molar-refractivity contribution in [1.29, 1.82) is 0 Å². The third-order valence-electron chi connectivity index (χ3n) is 2.41. The van der Waals surface area contributed by atoms with Gasteiger partial charge < -0.3 is 20.0 Å². The molecule has 0 amide bonds. The van der Waals surface area contributed by atoms with Gasteiger partial charge in [0.05, 0.1) is 7.11 Å². The van der Waals surface area contributed by atoms with Crippen LogP contribution in [-0.2, 0) is 11.2 Å². The van der Waals surface area contributed by atoms with Crippen molar-refractivity contribution in [2.75, 3.05) is 7.11 Å². The molecule has 0 saturated carbocycles. The van der Waals surface area contributed by atoms with Crippen molar-refractivity contribution < 1.29 is 19.1 Å². The molecule has 1 heterocycles. The second-order valence-electron chi connectivity index (χ2n) is 3.60. The summed E-state index contributed by atoms with van der Waals surface area (Å²) in [6, 6.07) is 4.31. The van der Waals surface area contributed by atoms with Gasteiger partial charge in [-0.25, -0.2) is 0 Å². The second-order valence-corrected chi connectivity index (χ2v) is 3.60. The van der Waals surface area contributed by atoms with Gasteiger partial charge in [0.25, 0.3) is 0 Å². The smallest absolute Gasteiger partial charge is 0.394 e. The summed E-state index contributed by atoms with van der Waals surface area (Å²) in [4.78, 5) is 14.8. The van der Waals surface area contributed by atoms with Gasteiger partial charge in [-0.05, 0) is 11.6 Å². The van der Waals surface area contributed by atoms with E-state index >= 15 is 0 Å². The molecule has 3 N–H and O–H groups in total. The molecule has 0 aliphatic heterocycles. The normalized spacial score (nSPS) is 12.6. The van der Waals surface area contributed by atoms with Crippen LogP contribution < -0.4 is 10.5 Å². The molecule has 6 nitrogen and oxygen atoms in total. The highest BCUT2D eigenvalue weighted by Crippen LogP contribution is 2.24. The lowest BCUT2D eigenvalue weighted by molar-refractivity contribution is -0.138. The maximum atomic E-state index is 10.7. The number of carbonyl (C=O) groups is 1. The van der Waals surface area contributed by atoms with E-state index in [0.717, 1.165) is 5.56 Å². The molecule has 17 heavy (non-hydrogen) atoms. The Morgan fingerprint density at radius 1 is 1.65 bits per heavy atom. The summed E-state index contributed by atoms with van der Waals surface area (Å²) in [5.41, 5.74) is 7.35. The highest BCUT2D eigenvalue weighted by Gasteiger charge is 2.16. The van der Waals surface area contributed by atoms with Crippen LogP contribution in [0.2, 0.25) is 0 Å². The quantitative estimate of drug-likeness (QED) is 0.814. The van der Waals surface area contributed by atoms with Crippen LogP contribution in [0.15, 0.2) is 22.6 Å². The molecular weight excluding hydrogens is 224 g/mol. The van der Waals surface area contributed by atoms with Crippen LogP contribution in [-0.4, -0.2) is 29.2 Å². The summed E-state index contributed by atoms with van der Waals surface area (Å²) in [5, 5.41) is 8.77. The third-order valence-corrected chi connectivity index (χ3v) is 2.41. The maximum absolute atomic E-state index is 10.7. The minimum atomic E-state index is -1.04. The van der Waals surface area contributed by atoms with Crippen molar-refractivity contribution in [3.63, 3.8) is 0 Å². The number of para-hydroxylation sites is 1. The fourth-order valence-corrected chi connectivity index (χ4v) is 1.56. The molecule has 1 unspecified atom stereocenters. The van der Waals surface area contributed by atoms with E-state index in [-0.39, 0.29) is 12.5 Å². The summed E-state index contributed by atoms with van der Waals surface area (Å²) in [6.45, 7) is 0. The van der Waals surface area contributed by atoms with Crippen LogP contribution in [0.5, 0.6) is 6.08 Å². The molecule has 0 spiro atoms. The standard InChI is InChI=1S/C11H12N2O4/c1-16-11-13-9-6(5-7(12)10(14)15)3-2-4-8(9)17-11/h2-4,7H,5,12H2,1H3,(H,14,15). The molecular formula is C11H12N2O4. The van der Waals surface area contributed by atoms with Gasteiger partial charge in [0.2, 0.25) is 0 Å². The van der Waals surface area contributed by atoms with E-state index in [1.165, 1.54) is 7.11 Å². The first-order chi connectivity index (χ1) is 8.11. The van der Waals surface area contributed by atoms with Gasteiger partial charge >= 0.3 is 12.0 Å². The molecule has 0 bridgehead atoms. The molecule has 90 valence electrons. The number of aromatic nitrogens is 1. The molecule has 0 fully saturated rings. The lowest BCUT2D eigenvalue weighted by Gasteiger charge is -2.05. The van der Waals surface area contributed by atoms with Gasteiger partial charge in [0.1, 0.15) is 11.6 Å². The Labute approximate surface area is 97.0 Å². The van der Waals surface area contributed by atoms with Crippen LogP contribution in [0, 0.1) is 0 Å². The Morgan fingerprint density at radius 3 is 3.06 bits per heavy atom. The van der Waals surface area contributed by atoms with E-state index in [4.69, 9.17) is 20.0 Å². The molecule has 1 aromatic heterocycles. The number of hydrogen-bond acceptors (Lipinski definition) is 5. The number of carboxylic acids is 1. The monoisotopic (exact) mass is 236 g/mol. The minimum absolute atomic E-state index is 0.149. The van der Waals surface area contributed by atoms with Crippen molar-refractivity contribution in [2.24, 2.45) is 5.73 Å². The zero-order valence-electron chi connectivity index (χ0n) is 9.21. The van der Waals surface area contributed by atoms with Crippen molar-refractivity contribution in [2.45, 2.75) is 12.5 Å². The van der Waals surface area contributed by atoms with Gasteiger partial charge in [-0.3, -0.25) is 4.79 Å². The molecule has 1 atom stereocenters. The first kappa shape index (κ1) is 11.4. The lowest BCUT2D eigenvalue weighted by atomic mass is 10.1. The van der Waals surface area contributed by atoms with Gasteiger partial charge in [-0.15, -0.1) is 0 Å². The average molecular weight is 236 g/mol. The molecule has 6 heteroatoms. The zero-order valence-corrected chi connectivity index (χ0v) is 9.21. The number of aliphatic carboxylic acids is 1. The minimum Gasteiger partial charge on any atom is -0.480 e. The summed E-state index contributed by atoms with van der Waals surface area (Å²) < 4.78 is 10.2. The van der Waals surface area contributed by atoms with E-state index in [1.54, 1.807) is 18.2 Å². The summed E-state index contributed by atoms with van der Waals surface area (Å²) >= 11 is 0. The maximum Gasteiger partial charge on any atom is 0.394 e.